The number of alkyl halides is 2. The average molecular weight is 520 g/mol. The van der Waals surface area contributed by atoms with Crippen molar-refractivity contribution < 1.29 is 27.5 Å². The molecule has 0 aromatic heterocycles. The quantitative estimate of drug-likeness (QED) is 0.486. The lowest BCUT2D eigenvalue weighted by atomic mass is 9.83. The number of hydrogen-bond acceptors (Lipinski definition) is 3. The van der Waals surface area contributed by atoms with Gasteiger partial charge in [0.25, 0.3) is 5.92 Å². The molecule has 2 aliphatic rings. The van der Waals surface area contributed by atoms with Gasteiger partial charge in [-0.25, -0.2) is 17.6 Å². The van der Waals surface area contributed by atoms with Gasteiger partial charge in [-0.05, 0) is 31.0 Å². The molecule has 0 bridgehead atoms. The number of nitrogens with zero attached hydrogens (tertiary/aromatic N) is 1. The zero-order valence-corrected chi connectivity index (χ0v) is 19.6. The number of amides is 1. The zero-order chi connectivity index (χ0) is 24.1. The highest BCUT2D eigenvalue weighted by molar-refractivity contribution is 6.34. The molecule has 1 heterocycles. The molecule has 1 saturated carbocycles. The molecule has 0 spiro atoms. The Hall–Kier alpha value is -2.36. The molecule has 0 unspecified atom stereocenters. The number of aliphatic hydroxyl groups is 1. The van der Waals surface area contributed by atoms with Gasteiger partial charge in [0, 0.05) is 36.1 Å². The molecule has 2 fully saturated rings. The van der Waals surface area contributed by atoms with Crippen LogP contribution in [0.2, 0.25) is 5.02 Å². The standard InChI is InChI=1S/C23H22ClF4N3O2.ClH/c1-22(16-4-2-3-15(20(16)24)14-6-5-12(25)9-17(14)26)11-19(33)31(21(29)30-22)13-7-8-23(27,28)18(32)10-13;/h2-6,9,13,18,32H,7-8,10-11H2,1H3,(H2,29,30);1H/t13-,18-,22+;/m1./s1. The topological polar surface area (TPSA) is 76.4 Å². The fourth-order valence-electron chi connectivity index (χ4n) is 4.61. The number of hydrogen-bond donors (Lipinski definition) is 3. The minimum Gasteiger partial charge on any atom is -0.387 e. The van der Waals surface area contributed by atoms with E-state index in [1.54, 1.807) is 25.1 Å². The van der Waals surface area contributed by atoms with Gasteiger partial charge in [0.2, 0.25) is 5.91 Å². The predicted octanol–water partition coefficient (Wildman–Crippen LogP) is 5.23. The minimum atomic E-state index is -3.22. The lowest BCUT2D eigenvalue weighted by Crippen LogP contribution is -2.63. The molecule has 5 nitrogen and oxygen atoms in total. The van der Waals surface area contributed by atoms with E-state index in [4.69, 9.17) is 17.0 Å². The Morgan fingerprint density at radius 1 is 1.21 bits per heavy atom. The molecular weight excluding hydrogens is 497 g/mol. The summed E-state index contributed by atoms with van der Waals surface area (Å²) in [4.78, 5) is 14.2. The number of benzene rings is 2. The van der Waals surface area contributed by atoms with Crippen LogP contribution in [0.25, 0.3) is 11.1 Å². The third kappa shape index (κ3) is 4.61. The summed E-state index contributed by atoms with van der Waals surface area (Å²) in [7, 11) is 0. The molecule has 2 aromatic carbocycles. The maximum atomic E-state index is 14.4. The van der Waals surface area contributed by atoms with E-state index in [0.29, 0.717) is 11.1 Å². The van der Waals surface area contributed by atoms with Crippen LogP contribution in [0.15, 0.2) is 36.4 Å². The first-order valence-electron chi connectivity index (χ1n) is 10.4. The summed E-state index contributed by atoms with van der Waals surface area (Å²) in [6.45, 7) is 1.66. The molecule has 2 aromatic rings. The van der Waals surface area contributed by atoms with Crippen LogP contribution in [0.1, 0.15) is 38.2 Å². The molecule has 1 saturated heterocycles. The van der Waals surface area contributed by atoms with E-state index in [9.17, 15) is 27.5 Å². The minimum absolute atomic E-state index is 0. The van der Waals surface area contributed by atoms with E-state index in [1.165, 1.54) is 6.07 Å². The summed E-state index contributed by atoms with van der Waals surface area (Å²) in [5, 5.41) is 21.2. The highest BCUT2D eigenvalue weighted by Gasteiger charge is 2.49. The lowest BCUT2D eigenvalue weighted by Gasteiger charge is -2.46. The third-order valence-corrected chi connectivity index (χ3v) is 6.79. The van der Waals surface area contributed by atoms with Crippen molar-refractivity contribution in [1.29, 1.82) is 5.41 Å². The molecule has 184 valence electrons. The smallest absolute Gasteiger partial charge is 0.273 e. The monoisotopic (exact) mass is 519 g/mol. The van der Waals surface area contributed by atoms with E-state index < -0.39 is 47.6 Å². The first-order valence-corrected chi connectivity index (χ1v) is 10.8. The Labute approximate surface area is 205 Å². The fourth-order valence-corrected chi connectivity index (χ4v) is 5.05. The van der Waals surface area contributed by atoms with Gasteiger partial charge in [-0.3, -0.25) is 15.1 Å². The summed E-state index contributed by atoms with van der Waals surface area (Å²) < 4.78 is 55.0. The van der Waals surface area contributed by atoms with Crippen molar-refractivity contribution in [3.63, 3.8) is 0 Å². The molecule has 3 N–H and O–H groups in total. The number of guanidine groups is 1. The van der Waals surface area contributed by atoms with E-state index in [1.807, 2.05) is 0 Å². The van der Waals surface area contributed by atoms with Crippen molar-refractivity contribution in [2.24, 2.45) is 0 Å². The largest absolute Gasteiger partial charge is 0.387 e. The third-order valence-electron chi connectivity index (χ3n) is 6.38. The SMILES string of the molecule is C[C@@]1(c2cccc(-c3ccc(F)cc3F)c2Cl)CC(=O)N([C@@H]2CCC(F)(F)[C@H](O)C2)C(=N)N1.Cl. The van der Waals surface area contributed by atoms with Crippen LogP contribution in [-0.2, 0) is 10.3 Å². The fraction of sp³-hybridized carbons (Fsp3) is 0.391. The van der Waals surface area contributed by atoms with Gasteiger partial charge in [-0.15, -0.1) is 12.4 Å². The average Bonchev–Trinajstić information content (AvgIpc) is 2.71. The van der Waals surface area contributed by atoms with Crippen LogP contribution in [0.5, 0.6) is 0 Å². The highest BCUT2D eigenvalue weighted by atomic mass is 35.5. The van der Waals surface area contributed by atoms with Crippen LogP contribution < -0.4 is 5.32 Å². The Morgan fingerprint density at radius 2 is 1.91 bits per heavy atom. The maximum absolute atomic E-state index is 14.4. The van der Waals surface area contributed by atoms with E-state index in [-0.39, 0.29) is 48.2 Å². The first kappa shape index (κ1) is 26.2. The van der Waals surface area contributed by atoms with Crippen molar-refractivity contribution in [3.8, 4) is 11.1 Å². The lowest BCUT2D eigenvalue weighted by molar-refractivity contribution is -0.152. The number of carbonyl (C=O) groups is 1. The van der Waals surface area contributed by atoms with E-state index in [0.717, 1.165) is 17.0 Å². The van der Waals surface area contributed by atoms with Gasteiger partial charge in [0.1, 0.15) is 17.7 Å². The summed E-state index contributed by atoms with van der Waals surface area (Å²) in [5.41, 5.74) is -0.319. The van der Waals surface area contributed by atoms with Crippen molar-refractivity contribution in [2.75, 3.05) is 0 Å². The molecule has 4 rings (SSSR count). The summed E-state index contributed by atoms with van der Waals surface area (Å²) in [6, 6.07) is 7.22. The number of aliphatic hydroxyl groups excluding tert-OH is 1. The Balaban J connectivity index is 0.00000324. The molecule has 3 atom stereocenters. The number of halogens is 6. The first-order chi connectivity index (χ1) is 15.4. The molecule has 1 aliphatic carbocycles. The van der Waals surface area contributed by atoms with Gasteiger partial charge in [0.15, 0.2) is 5.96 Å². The Kier molecular flexibility index (Phi) is 7.22. The van der Waals surface area contributed by atoms with Crippen LogP contribution in [-0.4, -0.2) is 39.9 Å². The van der Waals surface area contributed by atoms with Crippen molar-refractivity contribution in [2.45, 2.75) is 56.2 Å². The number of rotatable bonds is 3. The van der Waals surface area contributed by atoms with Gasteiger partial charge >= 0.3 is 0 Å². The van der Waals surface area contributed by atoms with Crippen LogP contribution in [0.4, 0.5) is 17.6 Å². The van der Waals surface area contributed by atoms with E-state index in [2.05, 4.69) is 5.32 Å². The molecule has 11 heteroatoms. The predicted molar refractivity (Wildman–Crippen MR) is 122 cm³/mol. The highest BCUT2D eigenvalue weighted by Crippen LogP contribution is 2.41. The van der Waals surface area contributed by atoms with Crippen molar-refractivity contribution >= 4 is 35.9 Å². The van der Waals surface area contributed by atoms with E-state index >= 15 is 0 Å². The molecule has 1 aliphatic heterocycles. The Bertz CT molecular complexity index is 1110. The molecule has 0 radical (unpaired) electrons. The summed E-state index contributed by atoms with van der Waals surface area (Å²) in [6.07, 6.45) is -2.99. The molecule has 34 heavy (non-hydrogen) atoms. The van der Waals surface area contributed by atoms with Crippen LogP contribution in [0, 0.1) is 17.0 Å². The van der Waals surface area contributed by atoms with Crippen molar-refractivity contribution in [3.05, 3.63) is 58.6 Å². The second kappa shape index (κ2) is 9.36. The van der Waals surface area contributed by atoms with Crippen molar-refractivity contribution in [1.82, 2.24) is 10.2 Å². The number of nitrogens with one attached hydrogen (secondary N) is 2. The van der Waals surface area contributed by atoms with Gasteiger partial charge < -0.3 is 10.4 Å². The molecule has 1 amide bonds. The van der Waals surface area contributed by atoms with Crippen LogP contribution >= 0.6 is 24.0 Å². The normalized spacial score (nSPS) is 26.6. The summed E-state index contributed by atoms with van der Waals surface area (Å²) in [5.74, 6) is -5.50. The Morgan fingerprint density at radius 3 is 2.53 bits per heavy atom. The maximum Gasteiger partial charge on any atom is 0.273 e. The second-order valence-corrected chi connectivity index (χ2v) is 9.12. The molecular formula is C23H23Cl2F4N3O2. The van der Waals surface area contributed by atoms with Gasteiger partial charge in [-0.2, -0.15) is 0 Å². The number of carbonyl (C=O) groups excluding carboxylic acids is 1. The van der Waals surface area contributed by atoms with Crippen LogP contribution in [0.3, 0.4) is 0 Å². The van der Waals surface area contributed by atoms with Gasteiger partial charge in [0.05, 0.1) is 17.0 Å². The zero-order valence-electron chi connectivity index (χ0n) is 18.0. The van der Waals surface area contributed by atoms with Gasteiger partial charge in [-0.1, -0.05) is 29.8 Å². The second-order valence-electron chi connectivity index (χ2n) is 8.74. The summed E-state index contributed by atoms with van der Waals surface area (Å²) >= 11 is 6.60.